The first-order valence-electron chi connectivity index (χ1n) is 14.8. The highest BCUT2D eigenvalue weighted by Gasteiger charge is 2.33. The molecule has 0 aliphatic carbocycles. The van der Waals surface area contributed by atoms with Crippen LogP contribution in [-0.2, 0) is 20.8 Å². The molecule has 0 unspecified atom stereocenters. The summed E-state index contributed by atoms with van der Waals surface area (Å²) in [5.41, 5.74) is 1.37. The number of piperazine rings is 1. The number of ether oxygens (including phenoxy) is 1. The number of hydrogen-bond acceptors (Lipinski definition) is 10. The second kappa shape index (κ2) is 13.2. The van der Waals surface area contributed by atoms with Gasteiger partial charge in [0.2, 0.25) is 17.7 Å². The summed E-state index contributed by atoms with van der Waals surface area (Å²) in [6.45, 7) is 8.65. The lowest BCUT2D eigenvalue weighted by atomic mass is 10.0. The van der Waals surface area contributed by atoms with Crippen molar-refractivity contribution in [2.45, 2.75) is 52.2 Å². The minimum absolute atomic E-state index is 0.0653. The zero-order chi connectivity index (χ0) is 32.2. The van der Waals surface area contributed by atoms with Crippen LogP contribution in [0.4, 0.5) is 5.82 Å². The van der Waals surface area contributed by atoms with Gasteiger partial charge in [-0.2, -0.15) is 0 Å². The molecule has 238 valence electrons. The lowest BCUT2D eigenvalue weighted by molar-refractivity contribution is -0.137. The number of carbonyl (C=O) groups is 4. The van der Waals surface area contributed by atoms with Crippen molar-refractivity contribution in [2.75, 3.05) is 31.1 Å². The predicted octanol–water partition coefficient (Wildman–Crippen LogP) is 1.52. The number of nitrogens with one attached hydrogen (secondary N) is 3. The number of phenolic OH excluding ortho intramolecular Hbond substituents is 1. The standard InChI is InChI=1S/C31H37N7O7/c1-17(2)26-30(42)32-19(4)28(40)33-24(31(43)38-13-11-37(12-14-38)27-18(3)35-45-36-27)15-20-5-7-21(8-6-20)44-22-9-10-25(39)23(16-22)29(41)34-26/h5-10,16-17,19,24,26,39H,11-15H2,1-4H3,(H,32,42)(H,33,40)(H,34,41)/t19-,24+,26-/m0/s1. The monoisotopic (exact) mass is 619 g/mol. The number of amides is 4. The lowest BCUT2D eigenvalue weighted by Crippen LogP contribution is -2.59. The molecule has 14 nitrogen and oxygen atoms in total. The fourth-order valence-electron chi connectivity index (χ4n) is 5.32. The number of aryl methyl sites for hydroxylation is 1. The molecule has 6 rings (SSSR count). The van der Waals surface area contributed by atoms with E-state index in [4.69, 9.17) is 9.37 Å². The van der Waals surface area contributed by atoms with Crippen LogP contribution in [0.15, 0.2) is 47.1 Å². The molecule has 14 heteroatoms. The quantitative estimate of drug-likeness (QED) is 0.314. The maximum absolute atomic E-state index is 13.8. The van der Waals surface area contributed by atoms with Gasteiger partial charge in [0.1, 0.15) is 41.1 Å². The van der Waals surface area contributed by atoms with Gasteiger partial charge in [-0.05, 0) is 60.8 Å². The number of hydrogen-bond donors (Lipinski definition) is 4. The molecule has 4 amide bonds. The Bertz CT molecular complexity index is 1560. The summed E-state index contributed by atoms with van der Waals surface area (Å²) in [4.78, 5) is 57.3. The van der Waals surface area contributed by atoms with Crippen molar-refractivity contribution in [3.63, 3.8) is 0 Å². The van der Waals surface area contributed by atoms with E-state index < -0.39 is 35.8 Å². The zero-order valence-electron chi connectivity index (χ0n) is 25.6. The third kappa shape index (κ3) is 7.16. The summed E-state index contributed by atoms with van der Waals surface area (Å²) in [6.07, 6.45) is 0.200. The van der Waals surface area contributed by atoms with Gasteiger partial charge in [-0.25, -0.2) is 4.63 Å². The molecule has 3 aromatic rings. The predicted molar refractivity (Wildman–Crippen MR) is 162 cm³/mol. The maximum Gasteiger partial charge on any atom is 0.255 e. The minimum Gasteiger partial charge on any atom is -0.507 e. The van der Waals surface area contributed by atoms with E-state index in [-0.39, 0.29) is 29.6 Å². The molecule has 3 aliphatic heterocycles. The zero-order valence-corrected chi connectivity index (χ0v) is 25.6. The smallest absolute Gasteiger partial charge is 0.255 e. The normalized spacial score (nSPS) is 21.4. The summed E-state index contributed by atoms with van der Waals surface area (Å²) in [6, 6.07) is 8.33. The second-order valence-electron chi connectivity index (χ2n) is 11.6. The Morgan fingerprint density at radius 1 is 0.933 bits per heavy atom. The molecule has 3 atom stereocenters. The van der Waals surface area contributed by atoms with E-state index in [9.17, 15) is 24.3 Å². The summed E-state index contributed by atoms with van der Waals surface area (Å²) in [7, 11) is 0. The van der Waals surface area contributed by atoms with Gasteiger partial charge in [-0.15, -0.1) is 0 Å². The molecule has 4 bridgehead atoms. The van der Waals surface area contributed by atoms with Gasteiger partial charge in [-0.1, -0.05) is 31.1 Å². The van der Waals surface area contributed by atoms with Gasteiger partial charge < -0.3 is 35.6 Å². The van der Waals surface area contributed by atoms with Gasteiger partial charge in [0.05, 0.1) is 5.56 Å². The van der Waals surface area contributed by atoms with Crippen LogP contribution >= 0.6 is 0 Å². The van der Waals surface area contributed by atoms with Gasteiger partial charge in [0.25, 0.3) is 5.91 Å². The Morgan fingerprint density at radius 3 is 2.27 bits per heavy atom. The Balaban J connectivity index is 1.40. The van der Waals surface area contributed by atoms with E-state index >= 15 is 0 Å². The third-order valence-corrected chi connectivity index (χ3v) is 7.93. The number of aromatic hydroxyl groups is 1. The molecule has 3 aliphatic rings. The van der Waals surface area contributed by atoms with Crippen LogP contribution in [0.3, 0.4) is 0 Å². The topological polar surface area (TPSA) is 179 Å². The van der Waals surface area contributed by atoms with Crippen molar-refractivity contribution in [1.82, 2.24) is 31.2 Å². The van der Waals surface area contributed by atoms with Crippen LogP contribution in [0.1, 0.15) is 42.4 Å². The molecule has 0 saturated carbocycles. The van der Waals surface area contributed by atoms with Gasteiger partial charge in [0, 0.05) is 32.6 Å². The molecule has 4 N–H and O–H groups in total. The molecular weight excluding hydrogens is 582 g/mol. The fourth-order valence-corrected chi connectivity index (χ4v) is 5.32. The van der Waals surface area contributed by atoms with Crippen molar-refractivity contribution in [1.29, 1.82) is 0 Å². The molecular formula is C31H37N7O7. The van der Waals surface area contributed by atoms with Crippen LogP contribution in [0.25, 0.3) is 0 Å². The number of fused-ring (bicyclic) bond motifs is 11. The molecule has 0 spiro atoms. The Morgan fingerprint density at radius 2 is 1.62 bits per heavy atom. The van der Waals surface area contributed by atoms with E-state index in [2.05, 4.69) is 26.3 Å². The molecule has 0 radical (unpaired) electrons. The number of carbonyl (C=O) groups excluding carboxylic acids is 4. The fraction of sp³-hybridized carbons (Fsp3) is 0.419. The van der Waals surface area contributed by atoms with Crippen molar-refractivity contribution >= 4 is 29.4 Å². The highest BCUT2D eigenvalue weighted by molar-refractivity contribution is 6.00. The Kier molecular flexibility index (Phi) is 9.21. The van der Waals surface area contributed by atoms with Crippen LogP contribution in [-0.4, -0.2) is 88.3 Å². The molecule has 2 aromatic carbocycles. The SMILES string of the molecule is Cc1nonc1N1CCN(C(=O)[C@H]2Cc3ccc(cc3)Oc3ccc(O)c(c3)C(=O)N[C@@H](C(C)C)C(=O)N[C@@H](C)C(=O)N2)CC1. The number of phenols is 1. The first-order chi connectivity index (χ1) is 21.5. The number of rotatable bonds is 3. The van der Waals surface area contributed by atoms with Crippen LogP contribution in [0, 0.1) is 12.8 Å². The van der Waals surface area contributed by atoms with Gasteiger partial charge in [-0.3, -0.25) is 19.2 Å². The minimum atomic E-state index is -1.02. The van der Waals surface area contributed by atoms with E-state index in [1.54, 1.807) is 49.9 Å². The van der Waals surface area contributed by atoms with Crippen molar-refractivity contribution in [3.05, 3.63) is 59.3 Å². The van der Waals surface area contributed by atoms with Gasteiger partial charge >= 0.3 is 0 Å². The third-order valence-electron chi connectivity index (χ3n) is 7.93. The number of benzene rings is 2. The molecule has 1 aromatic heterocycles. The Labute approximate surface area is 260 Å². The number of aromatic nitrogens is 2. The summed E-state index contributed by atoms with van der Waals surface area (Å²) >= 11 is 0. The van der Waals surface area contributed by atoms with E-state index in [0.717, 1.165) is 5.56 Å². The summed E-state index contributed by atoms with van der Waals surface area (Å²) in [5, 5.41) is 26.3. The maximum atomic E-state index is 13.8. The summed E-state index contributed by atoms with van der Waals surface area (Å²) in [5.74, 6) is -1.28. The van der Waals surface area contributed by atoms with Crippen molar-refractivity contribution < 1.29 is 33.7 Å². The number of anilines is 1. The molecule has 1 fully saturated rings. The average Bonchev–Trinajstić information content (AvgIpc) is 3.45. The average molecular weight is 620 g/mol. The Hall–Kier alpha value is -5.14. The molecule has 4 heterocycles. The van der Waals surface area contributed by atoms with Gasteiger partial charge in [0.15, 0.2) is 5.82 Å². The highest BCUT2D eigenvalue weighted by atomic mass is 16.6. The van der Waals surface area contributed by atoms with Crippen LogP contribution in [0.5, 0.6) is 17.2 Å². The van der Waals surface area contributed by atoms with Crippen LogP contribution in [0.2, 0.25) is 0 Å². The van der Waals surface area contributed by atoms with E-state index in [1.807, 2.05) is 4.90 Å². The molecule has 45 heavy (non-hydrogen) atoms. The van der Waals surface area contributed by atoms with Crippen molar-refractivity contribution in [3.8, 4) is 17.2 Å². The van der Waals surface area contributed by atoms with E-state index in [1.165, 1.54) is 25.1 Å². The summed E-state index contributed by atoms with van der Waals surface area (Å²) < 4.78 is 10.8. The largest absolute Gasteiger partial charge is 0.507 e. The first-order valence-corrected chi connectivity index (χ1v) is 14.8. The van der Waals surface area contributed by atoms with E-state index in [0.29, 0.717) is 49.2 Å². The highest BCUT2D eigenvalue weighted by Crippen LogP contribution is 2.28. The lowest BCUT2D eigenvalue weighted by Gasteiger charge is -2.36. The second-order valence-corrected chi connectivity index (χ2v) is 11.6. The van der Waals surface area contributed by atoms with Crippen LogP contribution < -0.4 is 25.6 Å². The first kappa shape index (κ1) is 31.3. The van der Waals surface area contributed by atoms with Crippen molar-refractivity contribution in [2.24, 2.45) is 5.92 Å². The molecule has 1 saturated heterocycles. The number of nitrogens with zero attached hydrogens (tertiary/aromatic N) is 4.